The van der Waals surface area contributed by atoms with Crippen LogP contribution in [0.15, 0.2) is 35.4 Å². The molecule has 0 spiro atoms. The van der Waals surface area contributed by atoms with Crippen molar-refractivity contribution in [3.63, 3.8) is 0 Å². The topological polar surface area (TPSA) is 50.7 Å². The van der Waals surface area contributed by atoms with Gasteiger partial charge in [0.2, 0.25) is 0 Å². The molecule has 0 aliphatic carbocycles. The number of cyclic esters (lactones) is 1. The van der Waals surface area contributed by atoms with Crippen LogP contribution in [0.2, 0.25) is 0 Å². The molecule has 0 saturated heterocycles. The summed E-state index contributed by atoms with van der Waals surface area (Å²) < 4.78 is 5.33. The number of rotatable bonds is 3. The first kappa shape index (κ1) is 11.6. The Balaban J connectivity index is 2.05. The number of nitrogens with one attached hydrogen (secondary N) is 1. The molecule has 1 aromatic carbocycles. The predicted octanol–water partition coefficient (Wildman–Crippen LogP) is 2.49. The minimum atomic E-state index is -0.599. The van der Waals surface area contributed by atoms with Crippen molar-refractivity contribution in [2.75, 3.05) is 0 Å². The molecule has 1 N–H and O–H groups in total. The molecule has 4 nitrogen and oxygen atoms in total. The Morgan fingerprint density at radius 2 is 2.06 bits per heavy atom. The van der Waals surface area contributed by atoms with Gasteiger partial charge in [0.15, 0.2) is 5.60 Å². The third-order valence-electron chi connectivity index (χ3n) is 3.13. The highest BCUT2D eigenvalue weighted by atomic mass is 16.6. The standard InChI is InChI=1S/C13H16N2O2/c1-10-13(2,17-12(16)15-14-10)9-8-11-6-4-3-5-7-11/h3-7H,8-9H2,1-2H3,(H,15,16)/t13-/m1/s1. The van der Waals surface area contributed by atoms with E-state index in [0.717, 1.165) is 18.6 Å². The van der Waals surface area contributed by atoms with E-state index in [2.05, 4.69) is 22.7 Å². The second kappa shape index (κ2) is 4.57. The Kier molecular flexibility index (Phi) is 3.13. The first-order valence-electron chi connectivity index (χ1n) is 5.68. The normalized spacial score (nSPS) is 23.6. The first-order chi connectivity index (χ1) is 8.10. The van der Waals surface area contributed by atoms with Crippen LogP contribution in [0.4, 0.5) is 4.79 Å². The fraction of sp³-hybridized carbons (Fsp3) is 0.385. The highest BCUT2D eigenvalue weighted by molar-refractivity contribution is 5.94. The maximum atomic E-state index is 11.2. The molecule has 0 saturated carbocycles. The van der Waals surface area contributed by atoms with Crippen LogP contribution in [0.25, 0.3) is 0 Å². The summed E-state index contributed by atoms with van der Waals surface area (Å²) in [5.74, 6) is 0. The van der Waals surface area contributed by atoms with E-state index in [-0.39, 0.29) is 0 Å². The quantitative estimate of drug-likeness (QED) is 0.870. The summed E-state index contributed by atoms with van der Waals surface area (Å²) in [7, 11) is 0. The van der Waals surface area contributed by atoms with Gasteiger partial charge in [-0.25, -0.2) is 10.2 Å². The van der Waals surface area contributed by atoms with E-state index in [0.29, 0.717) is 0 Å². The Morgan fingerprint density at radius 1 is 1.35 bits per heavy atom. The van der Waals surface area contributed by atoms with Gasteiger partial charge < -0.3 is 4.74 Å². The minimum absolute atomic E-state index is 0.480. The average Bonchev–Trinajstić information content (AvgIpc) is 2.33. The second-order valence-electron chi connectivity index (χ2n) is 4.41. The van der Waals surface area contributed by atoms with E-state index >= 15 is 0 Å². The Morgan fingerprint density at radius 3 is 2.76 bits per heavy atom. The van der Waals surface area contributed by atoms with Gasteiger partial charge in [-0.1, -0.05) is 30.3 Å². The van der Waals surface area contributed by atoms with Gasteiger partial charge >= 0.3 is 6.09 Å². The minimum Gasteiger partial charge on any atom is -0.436 e. The zero-order valence-electron chi connectivity index (χ0n) is 10.1. The number of aryl methyl sites for hydroxylation is 1. The summed E-state index contributed by atoms with van der Waals surface area (Å²) in [5, 5.41) is 3.97. The molecule has 2 rings (SSSR count). The fourth-order valence-electron chi connectivity index (χ4n) is 1.81. The molecule has 17 heavy (non-hydrogen) atoms. The lowest BCUT2D eigenvalue weighted by molar-refractivity contribution is 0.0588. The number of benzene rings is 1. The monoisotopic (exact) mass is 232 g/mol. The maximum Gasteiger partial charge on any atom is 0.428 e. The van der Waals surface area contributed by atoms with E-state index < -0.39 is 11.7 Å². The molecule has 1 atom stereocenters. The molecular weight excluding hydrogens is 216 g/mol. The van der Waals surface area contributed by atoms with Gasteiger partial charge in [0.05, 0.1) is 5.71 Å². The van der Waals surface area contributed by atoms with Crippen LogP contribution in [0.1, 0.15) is 25.8 Å². The van der Waals surface area contributed by atoms with Crippen molar-refractivity contribution in [1.29, 1.82) is 0 Å². The number of carbonyl (C=O) groups is 1. The van der Waals surface area contributed by atoms with Crippen molar-refractivity contribution in [2.45, 2.75) is 32.3 Å². The van der Waals surface area contributed by atoms with Gasteiger partial charge in [-0.15, -0.1) is 0 Å². The summed E-state index contributed by atoms with van der Waals surface area (Å²) in [6, 6.07) is 10.1. The molecule has 0 fully saturated rings. The van der Waals surface area contributed by atoms with Crippen LogP contribution >= 0.6 is 0 Å². The van der Waals surface area contributed by atoms with Crippen LogP contribution in [0.3, 0.4) is 0 Å². The van der Waals surface area contributed by atoms with Crippen molar-refractivity contribution in [2.24, 2.45) is 5.10 Å². The van der Waals surface area contributed by atoms with Gasteiger partial charge in [-0.05, 0) is 32.3 Å². The van der Waals surface area contributed by atoms with Crippen molar-refractivity contribution in [1.82, 2.24) is 5.43 Å². The molecule has 4 heteroatoms. The van der Waals surface area contributed by atoms with E-state index in [1.165, 1.54) is 5.56 Å². The molecule has 1 aromatic rings. The Labute approximate surface area is 101 Å². The SMILES string of the molecule is CC1=NNC(=O)O[C@]1(C)CCc1ccccc1. The molecule has 1 aliphatic rings. The smallest absolute Gasteiger partial charge is 0.428 e. The second-order valence-corrected chi connectivity index (χ2v) is 4.41. The van der Waals surface area contributed by atoms with E-state index in [1.807, 2.05) is 32.0 Å². The molecule has 1 amide bonds. The number of hydrogen-bond donors (Lipinski definition) is 1. The van der Waals surface area contributed by atoms with Gasteiger partial charge in [-0.2, -0.15) is 5.10 Å². The van der Waals surface area contributed by atoms with Gasteiger partial charge in [0.1, 0.15) is 0 Å². The highest BCUT2D eigenvalue weighted by Crippen LogP contribution is 2.23. The average molecular weight is 232 g/mol. The van der Waals surface area contributed by atoms with Gasteiger partial charge in [-0.3, -0.25) is 0 Å². The number of hydrazone groups is 1. The lowest BCUT2D eigenvalue weighted by atomic mass is 9.92. The van der Waals surface area contributed by atoms with Crippen molar-refractivity contribution in [3.05, 3.63) is 35.9 Å². The lowest BCUT2D eigenvalue weighted by Gasteiger charge is -2.32. The summed E-state index contributed by atoms with van der Waals surface area (Å²) in [6.45, 7) is 3.76. The van der Waals surface area contributed by atoms with Crippen molar-refractivity contribution >= 4 is 11.8 Å². The van der Waals surface area contributed by atoms with Crippen LogP contribution < -0.4 is 5.43 Å². The third kappa shape index (κ3) is 2.64. The fourth-order valence-corrected chi connectivity index (χ4v) is 1.81. The molecule has 0 radical (unpaired) electrons. The number of amides is 1. The Bertz CT molecular complexity index is 442. The molecule has 1 aliphatic heterocycles. The molecular formula is C13H16N2O2. The molecule has 0 unspecified atom stereocenters. The van der Waals surface area contributed by atoms with Crippen molar-refractivity contribution < 1.29 is 9.53 Å². The summed E-state index contributed by atoms with van der Waals surface area (Å²) >= 11 is 0. The summed E-state index contributed by atoms with van der Waals surface area (Å²) in [6.07, 6.45) is 1.11. The molecule has 90 valence electrons. The zero-order chi connectivity index (χ0) is 12.3. The maximum absolute atomic E-state index is 11.2. The number of carbonyl (C=O) groups excluding carboxylic acids is 1. The first-order valence-corrected chi connectivity index (χ1v) is 5.68. The van der Waals surface area contributed by atoms with Gasteiger partial charge in [0.25, 0.3) is 0 Å². The number of nitrogens with zero attached hydrogens (tertiary/aromatic N) is 1. The highest BCUT2D eigenvalue weighted by Gasteiger charge is 2.35. The van der Waals surface area contributed by atoms with Crippen LogP contribution in [0.5, 0.6) is 0 Å². The number of ether oxygens (including phenoxy) is 1. The van der Waals surface area contributed by atoms with Crippen LogP contribution in [-0.4, -0.2) is 17.4 Å². The van der Waals surface area contributed by atoms with Crippen molar-refractivity contribution in [3.8, 4) is 0 Å². The predicted molar refractivity (Wildman–Crippen MR) is 65.9 cm³/mol. The van der Waals surface area contributed by atoms with Gasteiger partial charge in [0, 0.05) is 0 Å². The van der Waals surface area contributed by atoms with Crippen LogP contribution in [0, 0.1) is 0 Å². The zero-order valence-corrected chi connectivity index (χ0v) is 10.1. The molecule has 1 heterocycles. The van der Waals surface area contributed by atoms with Crippen LogP contribution in [-0.2, 0) is 11.2 Å². The summed E-state index contributed by atoms with van der Waals surface area (Å²) in [5.41, 5.74) is 3.74. The lowest BCUT2D eigenvalue weighted by Crippen LogP contribution is -2.46. The van der Waals surface area contributed by atoms with E-state index in [1.54, 1.807) is 0 Å². The van der Waals surface area contributed by atoms with E-state index in [4.69, 9.17) is 4.74 Å². The molecule has 0 bridgehead atoms. The molecule has 0 aromatic heterocycles. The Hall–Kier alpha value is -1.84. The number of hydrogen-bond acceptors (Lipinski definition) is 3. The largest absolute Gasteiger partial charge is 0.436 e. The summed E-state index contributed by atoms with van der Waals surface area (Å²) in [4.78, 5) is 11.2. The third-order valence-corrected chi connectivity index (χ3v) is 3.13. The van der Waals surface area contributed by atoms with E-state index in [9.17, 15) is 4.79 Å².